The molecule has 1 aromatic carbocycles. The SMILES string of the molecule is CC(C)c1ccc(N(C)CCC(N)C(=O)O)cc1. The lowest BCUT2D eigenvalue weighted by atomic mass is 10.0. The Labute approximate surface area is 108 Å². The topological polar surface area (TPSA) is 66.6 Å². The first-order valence-corrected chi connectivity index (χ1v) is 6.21. The number of nitrogens with two attached hydrogens (primary N) is 1. The number of carbonyl (C=O) groups is 1. The first kappa shape index (κ1) is 14.5. The highest BCUT2D eigenvalue weighted by Crippen LogP contribution is 2.19. The molecule has 18 heavy (non-hydrogen) atoms. The smallest absolute Gasteiger partial charge is 0.320 e. The number of carboxylic acid groups (broad SMARTS) is 1. The Morgan fingerprint density at radius 3 is 2.33 bits per heavy atom. The highest BCUT2D eigenvalue weighted by Gasteiger charge is 2.12. The molecule has 0 saturated carbocycles. The zero-order chi connectivity index (χ0) is 13.7. The summed E-state index contributed by atoms with van der Waals surface area (Å²) in [4.78, 5) is 12.6. The van der Waals surface area contributed by atoms with Crippen molar-refractivity contribution >= 4 is 11.7 Å². The third kappa shape index (κ3) is 4.04. The predicted octanol–water partition coefficient (Wildman–Crippen LogP) is 2.05. The average Bonchev–Trinajstić information content (AvgIpc) is 2.35. The largest absolute Gasteiger partial charge is 0.480 e. The number of carboxylic acids is 1. The summed E-state index contributed by atoms with van der Waals surface area (Å²) in [6, 6.07) is 7.53. The number of hydrogen-bond acceptors (Lipinski definition) is 3. The molecule has 0 aromatic heterocycles. The van der Waals surface area contributed by atoms with Crippen LogP contribution in [0.15, 0.2) is 24.3 Å². The minimum Gasteiger partial charge on any atom is -0.480 e. The lowest BCUT2D eigenvalue weighted by molar-refractivity contribution is -0.138. The van der Waals surface area contributed by atoms with E-state index in [0.717, 1.165) is 5.69 Å². The second-order valence-corrected chi connectivity index (χ2v) is 4.90. The molecule has 0 fully saturated rings. The van der Waals surface area contributed by atoms with Crippen LogP contribution in [0.1, 0.15) is 31.7 Å². The molecule has 0 saturated heterocycles. The zero-order valence-electron chi connectivity index (χ0n) is 11.3. The zero-order valence-corrected chi connectivity index (χ0v) is 11.3. The van der Waals surface area contributed by atoms with E-state index in [4.69, 9.17) is 10.8 Å². The van der Waals surface area contributed by atoms with Gasteiger partial charge in [-0.1, -0.05) is 26.0 Å². The summed E-state index contributed by atoms with van der Waals surface area (Å²) in [5, 5.41) is 8.72. The molecule has 0 aliphatic rings. The van der Waals surface area contributed by atoms with Crippen LogP contribution in [0, 0.1) is 0 Å². The van der Waals surface area contributed by atoms with Gasteiger partial charge in [-0.3, -0.25) is 4.79 Å². The van der Waals surface area contributed by atoms with E-state index in [2.05, 4.69) is 38.1 Å². The van der Waals surface area contributed by atoms with E-state index in [-0.39, 0.29) is 0 Å². The molecule has 0 aliphatic heterocycles. The van der Waals surface area contributed by atoms with Crippen LogP contribution in [-0.2, 0) is 4.79 Å². The fraction of sp³-hybridized carbons (Fsp3) is 0.500. The summed E-state index contributed by atoms with van der Waals surface area (Å²) in [6.07, 6.45) is 0.442. The van der Waals surface area contributed by atoms with Gasteiger partial charge in [0.15, 0.2) is 0 Å². The lowest BCUT2D eigenvalue weighted by Gasteiger charge is -2.21. The molecule has 0 aliphatic carbocycles. The van der Waals surface area contributed by atoms with E-state index in [1.807, 2.05) is 11.9 Å². The maximum Gasteiger partial charge on any atom is 0.320 e. The van der Waals surface area contributed by atoms with E-state index >= 15 is 0 Å². The molecule has 0 bridgehead atoms. The number of benzene rings is 1. The molecule has 3 N–H and O–H groups in total. The molecule has 4 nitrogen and oxygen atoms in total. The first-order chi connectivity index (χ1) is 8.41. The van der Waals surface area contributed by atoms with Crippen molar-refractivity contribution in [1.29, 1.82) is 0 Å². The summed E-state index contributed by atoms with van der Waals surface area (Å²) >= 11 is 0. The maximum absolute atomic E-state index is 10.6. The molecule has 1 rings (SSSR count). The molecule has 1 unspecified atom stereocenters. The van der Waals surface area contributed by atoms with Crippen molar-refractivity contribution in [2.45, 2.75) is 32.2 Å². The molecule has 0 amide bonds. The van der Waals surface area contributed by atoms with Gasteiger partial charge in [-0.2, -0.15) is 0 Å². The molecule has 0 heterocycles. The van der Waals surface area contributed by atoms with Gasteiger partial charge >= 0.3 is 5.97 Å². The van der Waals surface area contributed by atoms with Gasteiger partial charge in [0.2, 0.25) is 0 Å². The summed E-state index contributed by atoms with van der Waals surface area (Å²) in [5.74, 6) is -0.427. The van der Waals surface area contributed by atoms with E-state index < -0.39 is 12.0 Å². The molecule has 4 heteroatoms. The second kappa shape index (κ2) is 6.40. The van der Waals surface area contributed by atoms with Crippen LogP contribution < -0.4 is 10.6 Å². The van der Waals surface area contributed by atoms with Crippen molar-refractivity contribution in [3.8, 4) is 0 Å². The van der Waals surface area contributed by atoms with Crippen LogP contribution in [0.5, 0.6) is 0 Å². The normalized spacial score (nSPS) is 12.5. The van der Waals surface area contributed by atoms with Gasteiger partial charge in [0.1, 0.15) is 6.04 Å². The molecular weight excluding hydrogens is 228 g/mol. The average molecular weight is 250 g/mol. The van der Waals surface area contributed by atoms with E-state index in [0.29, 0.717) is 18.9 Å². The van der Waals surface area contributed by atoms with Gasteiger partial charge in [0, 0.05) is 19.3 Å². The van der Waals surface area contributed by atoms with Gasteiger partial charge < -0.3 is 15.7 Å². The van der Waals surface area contributed by atoms with Gasteiger partial charge in [-0.05, 0) is 30.0 Å². The van der Waals surface area contributed by atoms with Crippen LogP contribution in [0.4, 0.5) is 5.69 Å². The Morgan fingerprint density at radius 2 is 1.89 bits per heavy atom. The van der Waals surface area contributed by atoms with Crippen molar-refractivity contribution in [1.82, 2.24) is 0 Å². The highest BCUT2D eigenvalue weighted by molar-refractivity contribution is 5.73. The summed E-state index contributed by atoms with van der Waals surface area (Å²) in [5.41, 5.74) is 7.86. The van der Waals surface area contributed by atoms with Crippen LogP contribution >= 0.6 is 0 Å². The molecule has 1 atom stereocenters. The third-order valence-electron chi connectivity index (χ3n) is 3.09. The van der Waals surface area contributed by atoms with Crippen molar-refractivity contribution in [2.24, 2.45) is 5.73 Å². The molecule has 100 valence electrons. The van der Waals surface area contributed by atoms with Gasteiger partial charge in [0.25, 0.3) is 0 Å². The van der Waals surface area contributed by atoms with Gasteiger partial charge in [-0.25, -0.2) is 0 Å². The minimum atomic E-state index is -0.946. The van der Waals surface area contributed by atoms with Gasteiger partial charge in [0.05, 0.1) is 0 Å². The van der Waals surface area contributed by atoms with Crippen LogP contribution in [0.3, 0.4) is 0 Å². The Morgan fingerprint density at radius 1 is 1.33 bits per heavy atom. The highest BCUT2D eigenvalue weighted by atomic mass is 16.4. The van der Waals surface area contributed by atoms with Crippen LogP contribution in [-0.4, -0.2) is 30.7 Å². The summed E-state index contributed by atoms with van der Waals surface area (Å²) in [6.45, 7) is 4.95. The number of aliphatic carboxylic acids is 1. The predicted molar refractivity (Wildman–Crippen MR) is 74.0 cm³/mol. The third-order valence-corrected chi connectivity index (χ3v) is 3.09. The molecule has 1 aromatic rings. The first-order valence-electron chi connectivity index (χ1n) is 6.21. The van der Waals surface area contributed by atoms with Crippen molar-refractivity contribution in [2.75, 3.05) is 18.5 Å². The Kier molecular flexibility index (Phi) is 5.16. The summed E-state index contributed by atoms with van der Waals surface area (Å²) < 4.78 is 0. The number of hydrogen-bond donors (Lipinski definition) is 2. The van der Waals surface area contributed by atoms with Crippen LogP contribution in [0.2, 0.25) is 0 Å². The second-order valence-electron chi connectivity index (χ2n) is 4.90. The van der Waals surface area contributed by atoms with Crippen LogP contribution in [0.25, 0.3) is 0 Å². The number of anilines is 1. The van der Waals surface area contributed by atoms with E-state index in [9.17, 15) is 4.79 Å². The standard InChI is InChI=1S/C14H22N2O2/c1-10(2)11-4-6-12(7-5-11)16(3)9-8-13(15)14(17)18/h4-7,10,13H,8-9,15H2,1-3H3,(H,17,18). The lowest BCUT2D eigenvalue weighted by Crippen LogP contribution is -2.34. The Balaban J connectivity index is 2.56. The molecule has 0 spiro atoms. The Bertz CT molecular complexity index is 387. The maximum atomic E-state index is 10.6. The number of rotatable bonds is 6. The fourth-order valence-electron chi connectivity index (χ4n) is 1.70. The van der Waals surface area contributed by atoms with E-state index in [1.165, 1.54) is 5.56 Å². The van der Waals surface area contributed by atoms with E-state index in [1.54, 1.807) is 0 Å². The van der Waals surface area contributed by atoms with Crippen molar-refractivity contribution in [3.63, 3.8) is 0 Å². The Hall–Kier alpha value is -1.55. The number of nitrogens with zero attached hydrogens (tertiary/aromatic N) is 1. The summed E-state index contributed by atoms with van der Waals surface area (Å²) in [7, 11) is 1.94. The van der Waals surface area contributed by atoms with Gasteiger partial charge in [-0.15, -0.1) is 0 Å². The minimum absolute atomic E-state index is 0.442. The molecular formula is C14H22N2O2. The van der Waals surface area contributed by atoms with Crippen molar-refractivity contribution in [3.05, 3.63) is 29.8 Å². The van der Waals surface area contributed by atoms with Crippen molar-refractivity contribution < 1.29 is 9.90 Å². The fourth-order valence-corrected chi connectivity index (χ4v) is 1.70. The molecule has 0 radical (unpaired) electrons. The quantitative estimate of drug-likeness (QED) is 0.811. The monoisotopic (exact) mass is 250 g/mol.